The molecule has 0 spiro atoms. The maximum absolute atomic E-state index is 5.77. The van der Waals surface area contributed by atoms with Crippen molar-refractivity contribution in [3.8, 4) is 0 Å². The maximum atomic E-state index is 5.77. The summed E-state index contributed by atoms with van der Waals surface area (Å²) >= 11 is 5.77. The maximum Gasteiger partial charge on any atom is 0.190 e. The number of nitrogens with one attached hydrogen (secondary N) is 2. The van der Waals surface area contributed by atoms with Crippen LogP contribution in [-0.2, 0) is 13.0 Å². The lowest BCUT2D eigenvalue weighted by molar-refractivity contribution is 0.597. The van der Waals surface area contributed by atoms with E-state index in [1.807, 2.05) is 10.6 Å². The van der Waals surface area contributed by atoms with Crippen LogP contribution in [0.15, 0.2) is 36.0 Å². The number of halogens is 2. The molecule has 9 heteroatoms. The van der Waals surface area contributed by atoms with E-state index in [2.05, 4.69) is 30.8 Å². The fourth-order valence-electron chi connectivity index (χ4n) is 2.06. The van der Waals surface area contributed by atoms with E-state index >= 15 is 0 Å². The first kappa shape index (κ1) is 20.6. The van der Waals surface area contributed by atoms with Crippen molar-refractivity contribution in [2.75, 3.05) is 20.1 Å². The van der Waals surface area contributed by atoms with Gasteiger partial charge < -0.3 is 15.2 Å². The van der Waals surface area contributed by atoms with Crippen molar-refractivity contribution in [3.05, 3.63) is 41.7 Å². The highest BCUT2D eigenvalue weighted by atomic mass is 127. The molecule has 0 fully saturated rings. The van der Waals surface area contributed by atoms with Gasteiger partial charge >= 0.3 is 0 Å². The van der Waals surface area contributed by atoms with E-state index in [1.165, 1.54) is 0 Å². The highest BCUT2D eigenvalue weighted by Gasteiger charge is 1.99. The molecule has 0 amide bonds. The van der Waals surface area contributed by atoms with Crippen molar-refractivity contribution >= 4 is 41.5 Å². The lowest BCUT2D eigenvalue weighted by atomic mass is 10.2. The van der Waals surface area contributed by atoms with Gasteiger partial charge in [0.15, 0.2) is 5.96 Å². The van der Waals surface area contributed by atoms with Gasteiger partial charge in [0, 0.05) is 32.9 Å². The average molecular weight is 464 g/mol. The highest BCUT2D eigenvalue weighted by molar-refractivity contribution is 14.0. The van der Waals surface area contributed by atoms with Crippen molar-refractivity contribution in [3.63, 3.8) is 0 Å². The van der Waals surface area contributed by atoms with Gasteiger partial charge in [0.1, 0.15) is 17.8 Å². The normalized spacial score (nSPS) is 11.0. The van der Waals surface area contributed by atoms with Crippen LogP contribution < -0.4 is 10.6 Å². The Labute approximate surface area is 164 Å². The van der Waals surface area contributed by atoms with Gasteiger partial charge in [-0.15, -0.1) is 34.2 Å². The molecule has 0 aliphatic rings. The molecule has 0 radical (unpaired) electrons. The summed E-state index contributed by atoms with van der Waals surface area (Å²) in [5, 5.41) is 14.7. The summed E-state index contributed by atoms with van der Waals surface area (Å²) in [6, 6.07) is 3.79. The van der Waals surface area contributed by atoms with Crippen LogP contribution >= 0.6 is 35.6 Å². The molecule has 0 bridgehead atoms. The first-order valence-corrected chi connectivity index (χ1v) is 8.03. The number of rotatable bonds is 8. The van der Waals surface area contributed by atoms with Crippen molar-refractivity contribution in [2.45, 2.75) is 25.8 Å². The first-order valence-electron chi connectivity index (χ1n) is 7.65. The zero-order valence-electron chi connectivity index (χ0n) is 13.7. The van der Waals surface area contributed by atoms with Crippen LogP contribution in [0.25, 0.3) is 0 Å². The first-order chi connectivity index (χ1) is 11.3. The topological polar surface area (TPSA) is 80.0 Å². The monoisotopic (exact) mass is 463 g/mol. The van der Waals surface area contributed by atoms with E-state index in [1.54, 1.807) is 32.0 Å². The van der Waals surface area contributed by atoms with Gasteiger partial charge in [-0.25, -0.2) is 4.98 Å². The minimum absolute atomic E-state index is 0. The Hall–Kier alpha value is -1.42. The minimum Gasteiger partial charge on any atom is -0.356 e. The number of aryl methyl sites for hydroxylation is 1. The second kappa shape index (κ2) is 12.0. The van der Waals surface area contributed by atoms with Gasteiger partial charge in [-0.1, -0.05) is 17.7 Å². The second-order valence-electron chi connectivity index (χ2n) is 5.07. The number of pyridine rings is 1. The third-order valence-corrected chi connectivity index (χ3v) is 3.54. The van der Waals surface area contributed by atoms with Gasteiger partial charge in [-0.3, -0.25) is 4.99 Å². The molecular formula is C15H23ClIN7. The third kappa shape index (κ3) is 7.91. The summed E-state index contributed by atoms with van der Waals surface area (Å²) < 4.78 is 1.98. The molecule has 24 heavy (non-hydrogen) atoms. The largest absolute Gasteiger partial charge is 0.356 e. The zero-order valence-corrected chi connectivity index (χ0v) is 16.7. The number of aromatic nitrogens is 4. The van der Waals surface area contributed by atoms with Crippen molar-refractivity contribution in [2.24, 2.45) is 4.99 Å². The SMILES string of the molecule is CN=C(NCCCCn1cnnc1)NCCc1ccc(Cl)nc1.I. The summed E-state index contributed by atoms with van der Waals surface area (Å²) in [6.45, 7) is 2.61. The molecule has 2 N–H and O–H groups in total. The molecule has 2 heterocycles. The van der Waals surface area contributed by atoms with Crippen LogP contribution in [-0.4, -0.2) is 45.8 Å². The van der Waals surface area contributed by atoms with Crippen LogP contribution in [0, 0.1) is 0 Å². The summed E-state index contributed by atoms with van der Waals surface area (Å²) in [5.74, 6) is 0.816. The van der Waals surface area contributed by atoms with Crippen molar-refractivity contribution < 1.29 is 0 Å². The highest BCUT2D eigenvalue weighted by Crippen LogP contribution is 2.05. The lowest BCUT2D eigenvalue weighted by Crippen LogP contribution is -2.38. The Balaban J connectivity index is 0.00000288. The van der Waals surface area contributed by atoms with Gasteiger partial charge in [-0.05, 0) is 30.9 Å². The Morgan fingerprint density at radius 1 is 1.17 bits per heavy atom. The summed E-state index contributed by atoms with van der Waals surface area (Å²) in [5.41, 5.74) is 1.14. The zero-order chi connectivity index (χ0) is 16.3. The molecule has 0 saturated heterocycles. The molecule has 2 rings (SSSR count). The summed E-state index contributed by atoms with van der Waals surface area (Å²) in [7, 11) is 1.77. The smallest absolute Gasteiger partial charge is 0.190 e. The number of hydrogen-bond acceptors (Lipinski definition) is 4. The molecule has 0 aromatic carbocycles. The average Bonchev–Trinajstić information content (AvgIpc) is 3.08. The molecule has 0 atom stereocenters. The van der Waals surface area contributed by atoms with Gasteiger partial charge in [0.05, 0.1) is 0 Å². The Bertz CT molecular complexity index is 586. The Kier molecular flexibility index (Phi) is 10.3. The molecule has 2 aromatic heterocycles. The predicted octanol–water partition coefficient (Wildman–Crippen LogP) is 2.13. The van der Waals surface area contributed by atoms with E-state index in [-0.39, 0.29) is 24.0 Å². The van der Waals surface area contributed by atoms with Gasteiger partial charge in [-0.2, -0.15) is 0 Å². The number of aliphatic imine (C=N–C) groups is 1. The molecule has 0 aliphatic carbocycles. The van der Waals surface area contributed by atoms with E-state index in [4.69, 9.17) is 11.6 Å². The van der Waals surface area contributed by atoms with Crippen LogP contribution in [0.2, 0.25) is 5.15 Å². The lowest BCUT2D eigenvalue weighted by Gasteiger charge is -2.11. The van der Waals surface area contributed by atoms with Gasteiger partial charge in [0.25, 0.3) is 0 Å². The van der Waals surface area contributed by atoms with Crippen LogP contribution in [0.4, 0.5) is 0 Å². The minimum atomic E-state index is 0. The van der Waals surface area contributed by atoms with Crippen molar-refractivity contribution in [1.29, 1.82) is 0 Å². The molecule has 7 nitrogen and oxygen atoms in total. The van der Waals surface area contributed by atoms with Gasteiger partial charge in [0.2, 0.25) is 0 Å². The van der Waals surface area contributed by atoms with E-state index in [0.29, 0.717) is 5.15 Å². The number of unbranched alkanes of at least 4 members (excludes halogenated alkanes) is 1. The van der Waals surface area contributed by atoms with E-state index in [0.717, 1.165) is 50.4 Å². The molecule has 2 aromatic rings. The fourth-order valence-corrected chi connectivity index (χ4v) is 2.18. The molecule has 0 aliphatic heterocycles. The number of nitrogens with zero attached hydrogens (tertiary/aromatic N) is 5. The third-order valence-electron chi connectivity index (χ3n) is 3.32. The van der Waals surface area contributed by atoms with Crippen LogP contribution in [0.3, 0.4) is 0 Å². The Morgan fingerprint density at radius 3 is 2.58 bits per heavy atom. The molecule has 0 unspecified atom stereocenters. The standard InChI is InChI=1S/C15H22ClN7.HI/c1-17-15(18-7-2-3-9-23-11-21-22-12-23)19-8-6-13-4-5-14(16)20-10-13;/h4-5,10-12H,2-3,6-9H2,1H3,(H2,17,18,19);1H. The van der Waals surface area contributed by atoms with E-state index < -0.39 is 0 Å². The quantitative estimate of drug-likeness (QED) is 0.206. The second-order valence-corrected chi connectivity index (χ2v) is 5.46. The fraction of sp³-hybridized carbons (Fsp3) is 0.467. The number of guanidine groups is 1. The molecular weight excluding hydrogens is 441 g/mol. The van der Waals surface area contributed by atoms with Crippen LogP contribution in [0.5, 0.6) is 0 Å². The predicted molar refractivity (Wildman–Crippen MR) is 107 cm³/mol. The summed E-state index contributed by atoms with van der Waals surface area (Å²) in [6.07, 6.45) is 8.27. The summed E-state index contributed by atoms with van der Waals surface area (Å²) in [4.78, 5) is 8.28. The Morgan fingerprint density at radius 2 is 1.92 bits per heavy atom. The van der Waals surface area contributed by atoms with Crippen molar-refractivity contribution in [1.82, 2.24) is 30.4 Å². The van der Waals surface area contributed by atoms with E-state index in [9.17, 15) is 0 Å². The molecule has 132 valence electrons. The van der Waals surface area contributed by atoms with Crippen LogP contribution in [0.1, 0.15) is 18.4 Å². The molecule has 0 saturated carbocycles. The number of hydrogen-bond donors (Lipinski definition) is 2.